The van der Waals surface area contributed by atoms with E-state index in [0.717, 1.165) is 63.8 Å². The summed E-state index contributed by atoms with van der Waals surface area (Å²) < 4.78 is 9.00. The van der Waals surface area contributed by atoms with Gasteiger partial charge in [-0.25, -0.2) is 9.98 Å². The molecule has 0 spiro atoms. The van der Waals surface area contributed by atoms with Gasteiger partial charge in [-0.3, -0.25) is 0 Å². The van der Waals surface area contributed by atoms with Crippen molar-refractivity contribution in [2.75, 3.05) is 0 Å². The zero-order valence-electron chi connectivity index (χ0n) is 29.3. The number of aromatic nitrogens is 2. The lowest BCUT2D eigenvalue weighted by Gasteiger charge is -2.32. The maximum absolute atomic E-state index is 6.47. The van der Waals surface area contributed by atoms with Gasteiger partial charge in [-0.2, -0.15) is 4.57 Å². The SMILES string of the molecule is C=C/C1=N/C(=C)C2C(CCc3cc4oc5nc(-c6ccccc6)ccc5c4cc31)c1ccccc1-c1cc(CC(C)C)c([Si](C)(C)C)c[n+]12. The normalized spacial score (nSPS) is 18.5. The van der Waals surface area contributed by atoms with Crippen LogP contribution in [0.3, 0.4) is 0 Å². The van der Waals surface area contributed by atoms with E-state index in [4.69, 9.17) is 21.0 Å². The summed E-state index contributed by atoms with van der Waals surface area (Å²) in [6, 6.07) is 30.4. The number of aryl methyl sites for hydroxylation is 1. The first-order valence-corrected chi connectivity index (χ1v) is 21.1. The molecule has 0 radical (unpaired) electrons. The number of aliphatic imine (C=N–C) groups is 1. The maximum atomic E-state index is 6.47. The van der Waals surface area contributed by atoms with Crippen molar-refractivity contribution >= 4 is 41.0 Å². The fraction of sp³-hybridized carbons (Fsp3) is 0.250. The molecule has 0 aliphatic carbocycles. The molecule has 0 N–H and O–H groups in total. The highest BCUT2D eigenvalue weighted by Gasteiger charge is 2.44. The number of pyridine rings is 2. The lowest BCUT2D eigenvalue weighted by Crippen LogP contribution is -2.54. The Kier molecular flexibility index (Phi) is 7.64. The summed E-state index contributed by atoms with van der Waals surface area (Å²) in [5.41, 5.74) is 13.0. The molecule has 0 amide bonds. The van der Waals surface area contributed by atoms with Crippen LogP contribution in [0.15, 0.2) is 125 Å². The van der Waals surface area contributed by atoms with E-state index in [1.807, 2.05) is 24.3 Å². The minimum absolute atomic E-state index is 0.00166. The molecule has 244 valence electrons. The molecule has 2 aliphatic rings. The second-order valence-electron chi connectivity index (χ2n) is 15.2. The fourth-order valence-electron chi connectivity index (χ4n) is 8.17. The third-order valence-corrected chi connectivity index (χ3v) is 12.5. The van der Waals surface area contributed by atoms with Crippen LogP contribution in [0.2, 0.25) is 19.6 Å². The smallest absolute Gasteiger partial charge is 0.227 e. The molecule has 0 saturated heterocycles. The molecule has 0 fully saturated rings. The molecule has 2 unspecified atom stereocenters. The molecule has 6 aromatic rings. The van der Waals surface area contributed by atoms with E-state index in [9.17, 15) is 0 Å². The van der Waals surface area contributed by atoms with Crippen LogP contribution in [-0.2, 0) is 12.8 Å². The van der Waals surface area contributed by atoms with Crippen LogP contribution in [0.25, 0.3) is 44.6 Å². The van der Waals surface area contributed by atoms with Gasteiger partial charge in [0, 0.05) is 38.7 Å². The van der Waals surface area contributed by atoms with Gasteiger partial charge in [-0.1, -0.05) is 95.2 Å². The van der Waals surface area contributed by atoms with E-state index >= 15 is 0 Å². The summed E-state index contributed by atoms with van der Waals surface area (Å²) in [6.07, 6.45) is 7.30. The van der Waals surface area contributed by atoms with Gasteiger partial charge in [-0.05, 0) is 78.3 Å². The average Bonchev–Trinajstić information content (AvgIpc) is 3.46. The Labute approximate surface area is 290 Å². The minimum atomic E-state index is -1.66. The molecule has 0 saturated carbocycles. The number of fused-ring (bicyclic) bond motifs is 10. The highest BCUT2D eigenvalue weighted by Crippen LogP contribution is 2.45. The predicted molar refractivity (Wildman–Crippen MR) is 207 cm³/mol. The lowest BCUT2D eigenvalue weighted by atomic mass is 9.78. The second-order valence-corrected chi connectivity index (χ2v) is 20.3. The lowest BCUT2D eigenvalue weighted by molar-refractivity contribution is -0.708. The van der Waals surface area contributed by atoms with Crippen LogP contribution in [-0.4, -0.2) is 18.8 Å². The van der Waals surface area contributed by atoms with Crippen LogP contribution in [0, 0.1) is 5.92 Å². The molecular formula is C44H44N3OSi+. The fourth-order valence-corrected chi connectivity index (χ4v) is 9.83. The number of hydrogen-bond acceptors (Lipinski definition) is 3. The molecule has 8 rings (SSSR count). The van der Waals surface area contributed by atoms with Crippen LogP contribution in [0.1, 0.15) is 54.5 Å². The third kappa shape index (κ3) is 5.41. The highest BCUT2D eigenvalue weighted by molar-refractivity contribution is 6.89. The maximum Gasteiger partial charge on any atom is 0.227 e. The number of furan rings is 1. The summed E-state index contributed by atoms with van der Waals surface area (Å²) in [5.74, 6) is 0.802. The van der Waals surface area contributed by atoms with E-state index in [1.165, 1.54) is 33.1 Å². The Morgan fingerprint density at radius 1 is 0.939 bits per heavy atom. The predicted octanol–water partition coefficient (Wildman–Crippen LogP) is 10.1. The number of nitrogens with zero attached hydrogens (tertiary/aromatic N) is 3. The van der Waals surface area contributed by atoms with Gasteiger partial charge >= 0.3 is 0 Å². The van der Waals surface area contributed by atoms with Crippen molar-refractivity contribution in [1.82, 2.24) is 4.98 Å². The van der Waals surface area contributed by atoms with Crippen LogP contribution >= 0.6 is 0 Å². The largest absolute Gasteiger partial charge is 0.438 e. The van der Waals surface area contributed by atoms with E-state index < -0.39 is 8.07 Å². The Hall–Kier alpha value is -4.87. The Bertz CT molecular complexity index is 2320. The molecule has 3 aromatic carbocycles. The molecule has 4 nitrogen and oxygen atoms in total. The number of rotatable bonds is 5. The summed E-state index contributed by atoms with van der Waals surface area (Å²) in [5, 5.41) is 3.58. The third-order valence-electron chi connectivity index (χ3n) is 10.4. The zero-order valence-corrected chi connectivity index (χ0v) is 30.3. The van der Waals surface area contributed by atoms with E-state index in [-0.39, 0.29) is 12.0 Å². The van der Waals surface area contributed by atoms with Gasteiger partial charge in [0.1, 0.15) is 11.3 Å². The van der Waals surface area contributed by atoms with Crippen LogP contribution in [0.4, 0.5) is 0 Å². The van der Waals surface area contributed by atoms with Crippen LogP contribution < -0.4 is 9.75 Å². The van der Waals surface area contributed by atoms with Crippen molar-refractivity contribution in [2.45, 2.75) is 64.7 Å². The Morgan fingerprint density at radius 2 is 1.71 bits per heavy atom. The number of allylic oxidation sites excluding steroid dienone is 2. The summed E-state index contributed by atoms with van der Waals surface area (Å²) >= 11 is 0. The van der Waals surface area contributed by atoms with Gasteiger partial charge in [0.05, 0.1) is 25.4 Å². The Morgan fingerprint density at radius 3 is 2.47 bits per heavy atom. The van der Waals surface area contributed by atoms with E-state index in [2.05, 4.69) is 118 Å². The van der Waals surface area contributed by atoms with E-state index in [1.54, 1.807) is 0 Å². The van der Waals surface area contributed by atoms with Crippen molar-refractivity contribution in [2.24, 2.45) is 10.9 Å². The van der Waals surface area contributed by atoms with Crippen molar-refractivity contribution in [3.8, 4) is 22.5 Å². The molecule has 2 aliphatic heterocycles. The van der Waals surface area contributed by atoms with Crippen molar-refractivity contribution in [3.63, 3.8) is 0 Å². The Balaban J connectivity index is 1.30. The van der Waals surface area contributed by atoms with Crippen molar-refractivity contribution in [3.05, 3.63) is 138 Å². The highest BCUT2D eigenvalue weighted by atomic mass is 28.3. The topological polar surface area (TPSA) is 42.3 Å². The quantitative estimate of drug-likeness (QED) is 0.137. The zero-order chi connectivity index (χ0) is 34.0. The van der Waals surface area contributed by atoms with Gasteiger partial charge in [0.2, 0.25) is 17.4 Å². The molecular weight excluding hydrogens is 615 g/mol. The van der Waals surface area contributed by atoms with Gasteiger partial charge in [-0.15, -0.1) is 0 Å². The number of benzene rings is 3. The molecule has 0 bridgehead atoms. The first kappa shape index (κ1) is 31.4. The van der Waals surface area contributed by atoms with E-state index in [0.29, 0.717) is 11.6 Å². The van der Waals surface area contributed by atoms with Crippen molar-refractivity contribution in [1.29, 1.82) is 0 Å². The molecule has 3 aromatic heterocycles. The molecule has 5 heterocycles. The first-order valence-electron chi connectivity index (χ1n) is 17.6. The second kappa shape index (κ2) is 11.9. The molecule has 2 atom stereocenters. The summed E-state index contributed by atoms with van der Waals surface area (Å²) in [4.78, 5) is 10.3. The monoisotopic (exact) mass is 658 g/mol. The summed E-state index contributed by atoms with van der Waals surface area (Å²) in [6.45, 7) is 21.0. The van der Waals surface area contributed by atoms with Crippen molar-refractivity contribution < 1.29 is 8.98 Å². The van der Waals surface area contributed by atoms with Gasteiger partial charge in [0.15, 0.2) is 6.20 Å². The van der Waals surface area contributed by atoms with Gasteiger partial charge < -0.3 is 4.42 Å². The molecule has 49 heavy (non-hydrogen) atoms. The first-order chi connectivity index (χ1) is 23.6. The minimum Gasteiger partial charge on any atom is -0.438 e. The summed E-state index contributed by atoms with van der Waals surface area (Å²) in [7, 11) is -1.66. The van der Waals surface area contributed by atoms with Crippen LogP contribution in [0.5, 0.6) is 0 Å². The standard InChI is InChI=1S/C44H44N3OSi/c1-8-38-36-25-37-35-20-21-39(29-14-10-9-11-15-29)46-44(35)48-41(37)24-30(36)18-19-34-32-16-12-13-17-33(32)40-23-31(22-27(2)3)42(49(5,6)7)26-47(40)43(34)28(4)45-38/h8-17,20-21,23-27,34,43H,1,4,18-19,22H2,2-3,5-7H3/q+1/b45-38-. The molecule has 5 heteroatoms. The number of hydrogen-bond donors (Lipinski definition) is 0. The average molecular weight is 659 g/mol. The van der Waals surface area contributed by atoms with Gasteiger partial charge in [0.25, 0.3) is 0 Å².